The lowest BCUT2D eigenvalue weighted by molar-refractivity contribution is -0.0292. The molecule has 2 rings (SSSR count). The molecule has 4 heteroatoms. The predicted octanol–water partition coefficient (Wildman–Crippen LogP) is 2.47. The summed E-state index contributed by atoms with van der Waals surface area (Å²) >= 11 is 0. The standard InChI is InChI=1S/C13H23NO3/c1-13(2,3)17-12(15)14-10-7-8-16-11-6-4-5-9(10)11/h9-11H,4-8H2,1-3H3,(H,14,15)/t9-,10+,11-/m1/s1. The Hall–Kier alpha value is -0.770. The summed E-state index contributed by atoms with van der Waals surface area (Å²) in [7, 11) is 0. The molecular weight excluding hydrogens is 218 g/mol. The van der Waals surface area contributed by atoms with E-state index >= 15 is 0 Å². The summed E-state index contributed by atoms with van der Waals surface area (Å²) in [5.41, 5.74) is -0.426. The molecule has 0 bridgehead atoms. The molecule has 1 saturated heterocycles. The van der Waals surface area contributed by atoms with Crippen LogP contribution in [0.3, 0.4) is 0 Å². The molecule has 1 heterocycles. The number of alkyl carbamates (subject to hydrolysis) is 1. The van der Waals surface area contributed by atoms with Crippen LogP contribution in [0.4, 0.5) is 4.79 Å². The topological polar surface area (TPSA) is 47.6 Å². The maximum absolute atomic E-state index is 11.7. The second kappa shape index (κ2) is 4.84. The van der Waals surface area contributed by atoms with Crippen LogP contribution in [0.5, 0.6) is 0 Å². The SMILES string of the molecule is CC(C)(C)OC(=O)N[C@H]1CCO[C@@H]2CCC[C@H]12. The fraction of sp³-hybridized carbons (Fsp3) is 0.923. The Kier molecular flexibility index (Phi) is 3.61. The van der Waals surface area contributed by atoms with Crippen LogP contribution in [-0.4, -0.2) is 30.4 Å². The quantitative estimate of drug-likeness (QED) is 0.767. The predicted molar refractivity (Wildman–Crippen MR) is 64.9 cm³/mol. The molecule has 4 nitrogen and oxygen atoms in total. The van der Waals surface area contributed by atoms with Gasteiger partial charge in [0.25, 0.3) is 0 Å². The van der Waals surface area contributed by atoms with Gasteiger partial charge < -0.3 is 14.8 Å². The Bertz CT molecular complexity index is 285. The number of amides is 1. The largest absolute Gasteiger partial charge is 0.444 e. The molecule has 3 atom stereocenters. The fourth-order valence-electron chi connectivity index (χ4n) is 2.82. The van der Waals surface area contributed by atoms with Crippen LogP contribution in [0.25, 0.3) is 0 Å². The normalized spacial score (nSPS) is 33.0. The minimum absolute atomic E-state index is 0.228. The summed E-state index contributed by atoms with van der Waals surface area (Å²) in [4.78, 5) is 11.7. The molecule has 0 aromatic heterocycles. The third kappa shape index (κ3) is 3.35. The number of hydrogen-bond acceptors (Lipinski definition) is 3. The van der Waals surface area contributed by atoms with Crippen LogP contribution in [0.15, 0.2) is 0 Å². The molecule has 0 aromatic carbocycles. The van der Waals surface area contributed by atoms with E-state index in [2.05, 4.69) is 5.32 Å². The average Bonchev–Trinajstić information content (AvgIpc) is 2.63. The van der Waals surface area contributed by atoms with Crippen molar-refractivity contribution in [2.75, 3.05) is 6.61 Å². The lowest BCUT2D eigenvalue weighted by Gasteiger charge is -2.34. The number of ether oxygens (including phenoxy) is 2. The molecule has 17 heavy (non-hydrogen) atoms. The van der Waals surface area contributed by atoms with Gasteiger partial charge >= 0.3 is 6.09 Å². The molecule has 0 aromatic rings. The Balaban J connectivity index is 1.87. The number of hydrogen-bond donors (Lipinski definition) is 1. The van der Waals surface area contributed by atoms with Crippen LogP contribution in [0.1, 0.15) is 46.5 Å². The van der Waals surface area contributed by atoms with E-state index in [-0.39, 0.29) is 12.1 Å². The first-order valence-corrected chi connectivity index (χ1v) is 6.57. The molecule has 1 aliphatic carbocycles. The van der Waals surface area contributed by atoms with E-state index < -0.39 is 5.60 Å². The van der Waals surface area contributed by atoms with E-state index in [1.165, 1.54) is 6.42 Å². The smallest absolute Gasteiger partial charge is 0.407 e. The number of rotatable bonds is 1. The Morgan fingerprint density at radius 1 is 1.29 bits per heavy atom. The van der Waals surface area contributed by atoms with E-state index in [4.69, 9.17) is 9.47 Å². The van der Waals surface area contributed by atoms with Crippen molar-refractivity contribution in [2.45, 2.75) is 64.2 Å². The van der Waals surface area contributed by atoms with E-state index in [0.717, 1.165) is 25.9 Å². The first-order chi connectivity index (χ1) is 7.96. The van der Waals surface area contributed by atoms with Gasteiger partial charge in [-0.25, -0.2) is 4.79 Å². The zero-order valence-electron chi connectivity index (χ0n) is 11.0. The molecular formula is C13H23NO3. The van der Waals surface area contributed by atoms with Gasteiger partial charge in [-0.3, -0.25) is 0 Å². The summed E-state index contributed by atoms with van der Waals surface area (Å²) in [6.45, 7) is 6.40. The maximum Gasteiger partial charge on any atom is 0.407 e. The first-order valence-electron chi connectivity index (χ1n) is 6.57. The Morgan fingerprint density at radius 2 is 2.06 bits per heavy atom. The molecule has 0 unspecified atom stereocenters. The van der Waals surface area contributed by atoms with Crippen molar-refractivity contribution < 1.29 is 14.3 Å². The third-order valence-electron chi connectivity index (χ3n) is 3.48. The molecule has 2 aliphatic rings. The second-order valence-corrected chi connectivity index (χ2v) is 6.05. The monoisotopic (exact) mass is 241 g/mol. The van der Waals surface area contributed by atoms with Crippen LogP contribution in [0.2, 0.25) is 0 Å². The van der Waals surface area contributed by atoms with E-state index in [1.54, 1.807) is 0 Å². The van der Waals surface area contributed by atoms with Gasteiger partial charge in [0.15, 0.2) is 0 Å². The molecule has 1 amide bonds. The summed E-state index contributed by atoms with van der Waals surface area (Å²) < 4.78 is 11.0. The Morgan fingerprint density at radius 3 is 2.76 bits per heavy atom. The van der Waals surface area contributed by atoms with Crippen LogP contribution in [0, 0.1) is 5.92 Å². The van der Waals surface area contributed by atoms with Crippen molar-refractivity contribution in [1.82, 2.24) is 5.32 Å². The highest BCUT2D eigenvalue weighted by molar-refractivity contribution is 5.68. The third-order valence-corrected chi connectivity index (χ3v) is 3.48. The van der Waals surface area contributed by atoms with Gasteiger partial charge in [0, 0.05) is 18.6 Å². The summed E-state index contributed by atoms with van der Waals surface area (Å²) in [5.74, 6) is 0.483. The van der Waals surface area contributed by atoms with Crippen LogP contribution >= 0.6 is 0 Å². The van der Waals surface area contributed by atoms with Crippen molar-refractivity contribution in [2.24, 2.45) is 5.92 Å². The van der Waals surface area contributed by atoms with Gasteiger partial charge in [0.05, 0.1) is 6.10 Å². The lowest BCUT2D eigenvalue weighted by Crippen LogP contribution is -2.48. The number of carbonyl (C=O) groups excluding carboxylic acids is 1. The van der Waals surface area contributed by atoms with E-state index in [9.17, 15) is 4.79 Å². The molecule has 0 spiro atoms. The number of fused-ring (bicyclic) bond motifs is 1. The van der Waals surface area contributed by atoms with Crippen molar-refractivity contribution >= 4 is 6.09 Å². The minimum atomic E-state index is -0.426. The maximum atomic E-state index is 11.7. The molecule has 2 fully saturated rings. The molecule has 1 aliphatic heterocycles. The van der Waals surface area contributed by atoms with Gasteiger partial charge in [-0.15, -0.1) is 0 Å². The fourth-order valence-corrected chi connectivity index (χ4v) is 2.82. The van der Waals surface area contributed by atoms with Crippen LogP contribution in [-0.2, 0) is 9.47 Å². The van der Waals surface area contributed by atoms with Crippen molar-refractivity contribution in [3.63, 3.8) is 0 Å². The zero-order valence-corrected chi connectivity index (χ0v) is 11.0. The highest BCUT2D eigenvalue weighted by Gasteiger charge is 2.38. The first kappa shape index (κ1) is 12.7. The minimum Gasteiger partial charge on any atom is -0.444 e. The van der Waals surface area contributed by atoms with Crippen molar-refractivity contribution in [3.05, 3.63) is 0 Å². The Labute approximate surface area is 103 Å². The van der Waals surface area contributed by atoms with Gasteiger partial charge in [0.1, 0.15) is 5.60 Å². The molecule has 98 valence electrons. The second-order valence-electron chi connectivity index (χ2n) is 6.05. The van der Waals surface area contributed by atoms with Crippen molar-refractivity contribution in [1.29, 1.82) is 0 Å². The van der Waals surface area contributed by atoms with Gasteiger partial charge in [-0.1, -0.05) is 6.42 Å². The highest BCUT2D eigenvalue weighted by Crippen LogP contribution is 2.35. The van der Waals surface area contributed by atoms with E-state index in [1.807, 2.05) is 20.8 Å². The zero-order chi connectivity index (χ0) is 12.5. The van der Waals surface area contributed by atoms with Crippen LogP contribution < -0.4 is 5.32 Å². The van der Waals surface area contributed by atoms with Gasteiger partial charge in [-0.2, -0.15) is 0 Å². The summed E-state index contributed by atoms with van der Waals surface area (Å²) in [6.07, 6.45) is 4.46. The number of carbonyl (C=O) groups is 1. The van der Waals surface area contributed by atoms with Gasteiger partial charge in [0.2, 0.25) is 0 Å². The molecule has 1 N–H and O–H groups in total. The molecule has 0 radical (unpaired) electrons. The number of nitrogens with one attached hydrogen (secondary N) is 1. The lowest BCUT2D eigenvalue weighted by atomic mass is 9.91. The average molecular weight is 241 g/mol. The van der Waals surface area contributed by atoms with Gasteiger partial charge in [-0.05, 0) is 40.0 Å². The summed E-state index contributed by atoms with van der Waals surface area (Å²) in [6, 6.07) is 0.228. The van der Waals surface area contributed by atoms with E-state index in [0.29, 0.717) is 12.0 Å². The highest BCUT2D eigenvalue weighted by atomic mass is 16.6. The molecule has 1 saturated carbocycles. The summed E-state index contributed by atoms with van der Waals surface area (Å²) in [5, 5.41) is 3.01. The van der Waals surface area contributed by atoms with Crippen molar-refractivity contribution in [3.8, 4) is 0 Å².